The Morgan fingerprint density at radius 3 is 2.80 bits per heavy atom. The molecular formula is C16H22N4O4S. The maximum atomic E-state index is 12.7. The average molecular weight is 366 g/mol. The zero-order valence-corrected chi connectivity index (χ0v) is 14.7. The smallest absolute Gasteiger partial charge is 0.324 e. The lowest BCUT2D eigenvalue weighted by atomic mass is 10.0. The van der Waals surface area contributed by atoms with E-state index in [-0.39, 0.29) is 22.9 Å². The Labute approximate surface area is 149 Å². The molecule has 3 unspecified atom stereocenters. The minimum atomic E-state index is -0.511. The highest BCUT2D eigenvalue weighted by molar-refractivity contribution is 7.17. The normalized spacial score (nSPS) is 26.0. The number of amides is 2. The third kappa shape index (κ3) is 3.67. The van der Waals surface area contributed by atoms with Crippen molar-refractivity contribution in [2.24, 2.45) is 11.7 Å². The van der Waals surface area contributed by atoms with Gasteiger partial charge in [0, 0.05) is 18.7 Å². The van der Waals surface area contributed by atoms with Crippen LogP contribution in [-0.4, -0.2) is 46.8 Å². The maximum absolute atomic E-state index is 12.7. The molecule has 2 aliphatic rings. The van der Waals surface area contributed by atoms with Gasteiger partial charge in [0.25, 0.3) is 5.91 Å². The molecule has 9 heteroatoms. The molecule has 1 saturated heterocycles. The van der Waals surface area contributed by atoms with Gasteiger partial charge in [-0.25, -0.2) is 0 Å². The van der Waals surface area contributed by atoms with Gasteiger partial charge in [0.15, 0.2) is 0 Å². The van der Waals surface area contributed by atoms with Crippen LogP contribution in [0.1, 0.15) is 41.8 Å². The van der Waals surface area contributed by atoms with E-state index in [4.69, 9.17) is 5.73 Å². The molecule has 0 aromatic carbocycles. The number of hydrogen-bond acceptors (Lipinski definition) is 6. The van der Waals surface area contributed by atoms with Gasteiger partial charge in [-0.05, 0) is 44.2 Å². The van der Waals surface area contributed by atoms with E-state index in [1.54, 1.807) is 0 Å². The van der Waals surface area contributed by atoms with E-state index < -0.39 is 11.0 Å². The van der Waals surface area contributed by atoms with Crippen molar-refractivity contribution >= 4 is 28.2 Å². The summed E-state index contributed by atoms with van der Waals surface area (Å²) in [5, 5.41) is 13.8. The second kappa shape index (κ2) is 7.49. The first-order valence-corrected chi connectivity index (χ1v) is 9.38. The molecule has 136 valence electrons. The largest absolute Gasteiger partial charge is 0.351 e. The monoisotopic (exact) mass is 366 g/mol. The van der Waals surface area contributed by atoms with Gasteiger partial charge < -0.3 is 16.0 Å². The van der Waals surface area contributed by atoms with Crippen LogP contribution >= 0.6 is 11.3 Å². The second-order valence-corrected chi connectivity index (χ2v) is 7.66. The van der Waals surface area contributed by atoms with Crippen LogP contribution in [0.4, 0.5) is 5.00 Å². The first-order valence-electron chi connectivity index (χ1n) is 8.57. The molecule has 2 amide bonds. The molecule has 0 spiro atoms. The van der Waals surface area contributed by atoms with E-state index in [9.17, 15) is 19.7 Å². The number of carbonyl (C=O) groups excluding carboxylic acids is 2. The fourth-order valence-electron chi connectivity index (χ4n) is 3.75. The van der Waals surface area contributed by atoms with Crippen molar-refractivity contribution in [3.8, 4) is 0 Å². The third-order valence-corrected chi connectivity index (χ3v) is 6.11. The summed E-state index contributed by atoms with van der Waals surface area (Å²) in [7, 11) is 0. The topological polar surface area (TPSA) is 119 Å². The number of hydrogen-bond donors (Lipinski definition) is 2. The van der Waals surface area contributed by atoms with Gasteiger partial charge in [0.1, 0.15) is 6.04 Å². The summed E-state index contributed by atoms with van der Waals surface area (Å²) in [6.07, 6.45) is 4.37. The third-order valence-electron chi connectivity index (χ3n) is 5.09. The maximum Gasteiger partial charge on any atom is 0.324 e. The SMILES string of the molecule is NCC1CCCC1NC(=O)C1CCCN1C(=O)c1ccc([N+](=O)[O-])s1. The number of nitrogens with two attached hydrogens (primary N) is 1. The van der Waals surface area contributed by atoms with Crippen LogP contribution in [0.5, 0.6) is 0 Å². The molecule has 3 rings (SSSR count). The van der Waals surface area contributed by atoms with Gasteiger partial charge in [0.05, 0.1) is 9.80 Å². The minimum Gasteiger partial charge on any atom is -0.351 e. The highest BCUT2D eigenvalue weighted by Crippen LogP contribution is 2.29. The lowest BCUT2D eigenvalue weighted by molar-refractivity contribution is -0.380. The first kappa shape index (κ1) is 17.8. The molecule has 2 fully saturated rings. The summed E-state index contributed by atoms with van der Waals surface area (Å²) in [5.41, 5.74) is 5.76. The fourth-order valence-corrected chi connectivity index (χ4v) is 4.53. The molecule has 3 N–H and O–H groups in total. The number of nitro groups is 1. The fraction of sp³-hybridized carbons (Fsp3) is 0.625. The Bertz CT molecular complexity index is 677. The van der Waals surface area contributed by atoms with E-state index >= 15 is 0 Å². The molecule has 1 aromatic rings. The van der Waals surface area contributed by atoms with Crippen molar-refractivity contribution in [2.75, 3.05) is 13.1 Å². The van der Waals surface area contributed by atoms with Gasteiger partial charge in [-0.1, -0.05) is 17.8 Å². The molecule has 2 heterocycles. The Balaban J connectivity index is 1.67. The zero-order valence-electron chi connectivity index (χ0n) is 13.8. The summed E-state index contributed by atoms with van der Waals surface area (Å²) in [6, 6.07) is 2.36. The van der Waals surface area contributed by atoms with Crippen LogP contribution in [0.25, 0.3) is 0 Å². The average Bonchev–Trinajstić information content (AvgIpc) is 3.33. The van der Waals surface area contributed by atoms with Crippen LogP contribution in [0.3, 0.4) is 0 Å². The molecular weight excluding hydrogens is 344 g/mol. The number of nitrogens with one attached hydrogen (secondary N) is 1. The van der Waals surface area contributed by atoms with Gasteiger partial charge in [-0.2, -0.15) is 0 Å². The molecule has 1 saturated carbocycles. The highest BCUT2D eigenvalue weighted by atomic mass is 32.1. The van der Waals surface area contributed by atoms with Crippen molar-refractivity contribution in [1.82, 2.24) is 10.2 Å². The van der Waals surface area contributed by atoms with Crippen LogP contribution < -0.4 is 11.1 Å². The van der Waals surface area contributed by atoms with Crippen LogP contribution in [0, 0.1) is 16.0 Å². The van der Waals surface area contributed by atoms with Crippen molar-refractivity contribution in [3.05, 3.63) is 27.1 Å². The van der Waals surface area contributed by atoms with E-state index in [1.165, 1.54) is 17.0 Å². The number of rotatable bonds is 5. The van der Waals surface area contributed by atoms with E-state index in [0.29, 0.717) is 30.3 Å². The summed E-state index contributed by atoms with van der Waals surface area (Å²) in [4.78, 5) is 37.5. The predicted molar refractivity (Wildman–Crippen MR) is 93.4 cm³/mol. The molecule has 1 aromatic heterocycles. The van der Waals surface area contributed by atoms with E-state index in [1.807, 2.05) is 0 Å². The number of thiophene rings is 1. The van der Waals surface area contributed by atoms with Crippen molar-refractivity contribution in [1.29, 1.82) is 0 Å². The summed E-state index contributed by atoms with van der Waals surface area (Å²) in [5.74, 6) is -0.144. The Kier molecular flexibility index (Phi) is 5.33. The molecule has 25 heavy (non-hydrogen) atoms. The van der Waals surface area contributed by atoms with Gasteiger partial charge in [-0.3, -0.25) is 19.7 Å². The van der Waals surface area contributed by atoms with Crippen molar-refractivity contribution in [3.63, 3.8) is 0 Å². The van der Waals surface area contributed by atoms with Gasteiger partial charge in [-0.15, -0.1) is 0 Å². The van der Waals surface area contributed by atoms with Gasteiger partial charge in [0.2, 0.25) is 5.91 Å². The number of nitrogens with zero attached hydrogens (tertiary/aromatic N) is 2. The van der Waals surface area contributed by atoms with E-state index in [0.717, 1.165) is 37.0 Å². The number of likely N-dealkylation sites (tertiary alicyclic amines) is 1. The standard InChI is InChI=1S/C16H22N4O4S/c17-9-10-3-1-4-11(10)18-15(21)12-5-2-8-19(12)16(22)13-6-7-14(25-13)20(23)24/h6-7,10-12H,1-5,8-9,17H2,(H,18,21). The molecule has 8 nitrogen and oxygen atoms in total. The quantitative estimate of drug-likeness (QED) is 0.605. The lowest BCUT2D eigenvalue weighted by Gasteiger charge is -2.26. The van der Waals surface area contributed by atoms with E-state index in [2.05, 4.69) is 5.32 Å². The van der Waals surface area contributed by atoms with Crippen molar-refractivity contribution < 1.29 is 14.5 Å². The van der Waals surface area contributed by atoms with Crippen molar-refractivity contribution in [2.45, 2.75) is 44.2 Å². The summed E-state index contributed by atoms with van der Waals surface area (Å²) in [6.45, 7) is 1.05. The first-order chi connectivity index (χ1) is 12.0. The molecule has 1 aliphatic heterocycles. The minimum absolute atomic E-state index is 0.0692. The summed E-state index contributed by atoms with van der Waals surface area (Å²) < 4.78 is 0. The second-order valence-electron chi connectivity index (χ2n) is 6.59. The molecule has 0 bridgehead atoms. The Hall–Kier alpha value is -2.00. The van der Waals surface area contributed by atoms with Crippen LogP contribution in [0.2, 0.25) is 0 Å². The van der Waals surface area contributed by atoms with Crippen LogP contribution in [0.15, 0.2) is 12.1 Å². The van der Waals surface area contributed by atoms with Crippen LogP contribution in [-0.2, 0) is 4.79 Å². The zero-order chi connectivity index (χ0) is 18.0. The number of carbonyl (C=O) groups is 2. The Morgan fingerprint density at radius 1 is 1.32 bits per heavy atom. The van der Waals surface area contributed by atoms with Gasteiger partial charge >= 0.3 is 5.00 Å². The molecule has 0 radical (unpaired) electrons. The molecule has 1 aliphatic carbocycles. The predicted octanol–water partition coefficient (Wildman–Crippen LogP) is 1.50. The highest BCUT2D eigenvalue weighted by Gasteiger charge is 2.37. The summed E-state index contributed by atoms with van der Waals surface area (Å²) >= 11 is 0.848. The Morgan fingerprint density at radius 2 is 2.12 bits per heavy atom. The molecule has 3 atom stereocenters. The lowest BCUT2D eigenvalue weighted by Crippen LogP contribution is -2.50.